The van der Waals surface area contributed by atoms with Gasteiger partial charge in [0.1, 0.15) is 0 Å². The number of rotatable bonds is 2. The number of hydrogen-bond donors (Lipinski definition) is 1. The van der Waals surface area contributed by atoms with Crippen molar-refractivity contribution in [2.24, 2.45) is 11.7 Å². The largest absolute Gasteiger partial charge is 0.371 e. The van der Waals surface area contributed by atoms with Crippen molar-refractivity contribution < 1.29 is 0 Å². The Labute approximate surface area is 91.3 Å². The molecule has 15 heavy (non-hydrogen) atoms. The summed E-state index contributed by atoms with van der Waals surface area (Å²) in [6.07, 6.45) is 6.30. The molecular formula is C12H19N3. The first kappa shape index (κ1) is 10.4. The van der Waals surface area contributed by atoms with E-state index in [2.05, 4.69) is 22.9 Å². The van der Waals surface area contributed by atoms with Gasteiger partial charge in [-0.3, -0.25) is 4.98 Å². The van der Waals surface area contributed by atoms with Gasteiger partial charge in [-0.1, -0.05) is 6.92 Å². The van der Waals surface area contributed by atoms with Gasteiger partial charge in [0.2, 0.25) is 0 Å². The smallest absolute Gasteiger partial charge is 0.0442 e. The molecule has 2 heterocycles. The number of anilines is 1. The van der Waals surface area contributed by atoms with Crippen LogP contribution in [0.25, 0.3) is 0 Å². The van der Waals surface area contributed by atoms with Gasteiger partial charge in [-0.15, -0.1) is 0 Å². The van der Waals surface area contributed by atoms with Crippen LogP contribution in [0.2, 0.25) is 0 Å². The number of piperidine rings is 1. The molecule has 0 spiro atoms. The van der Waals surface area contributed by atoms with E-state index in [1.807, 2.05) is 12.4 Å². The van der Waals surface area contributed by atoms with Crippen LogP contribution < -0.4 is 10.6 Å². The zero-order chi connectivity index (χ0) is 10.7. The maximum atomic E-state index is 5.72. The number of hydrogen-bond acceptors (Lipinski definition) is 3. The van der Waals surface area contributed by atoms with E-state index in [0.29, 0.717) is 6.54 Å². The molecule has 82 valence electrons. The molecule has 3 heteroatoms. The lowest BCUT2D eigenvalue weighted by atomic mass is 9.98. The fraction of sp³-hybridized carbons (Fsp3) is 0.583. The molecule has 1 aliphatic heterocycles. The summed E-state index contributed by atoms with van der Waals surface area (Å²) in [6, 6.07) is 2.08. The highest BCUT2D eigenvalue weighted by Gasteiger charge is 2.17. The van der Waals surface area contributed by atoms with Crippen molar-refractivity contribution in [1.82, 2.24) is 4.98 Å². The fourth-order valence-electron chi connectivity index (χ4n) is 2.14. The molecule has 0 radical (unpaired) electrons. The van der Waals surface area contributed by atoms with Gasteiger partial charge in [0.05, 0.1) is 0 Å². The maximum Gasteiger partial charge on any atom is 0.0442 e. The van der Waals surface area contributed by atoms with Gasteiger partial charge in [0, 0.05) is 43.3 Å². The molecule has 0 bridgehead atoms. The Balaban J connectivity index is 2.15. The Morgan fingerprint density at radius 3 is 2.87 bits per heavy atom. The van der Waals surface area contributed by atoms with Crippen LogP contribution in [0.15, 0.2) is 18.5 Å². The van der Waals surface area contributed by atoms with Gasteiger partial charge in [-0.25, -0.2) is 0 Å². The first-order valence-corrected chi connectivity index (χ1v) is 5.69. The van der Waals surface area contributed by atoms with Crippen molar-refractivity contribution in [3.8, 4) is 0 Å². The molecule has 3 nitrogen and oxygen atoms in total. The zero-order valence-corrected chi connectivity index (χ0v) is 9.32. The van der Waals surface area contributed by atoms with Crippen LogP contribution in [0, 0.1) is 5.92 Å². The van der Waals surface area contributed by atoms with Crippen molar-refractivity contribution in [2.75, 3.05) is 18.0 Å². The van der Waals surface area contributed by atoms with E-state index in [-0.39, 0.29) is 0 Å². The van der Waals surface area contributed by atoms with Crippen molar-refractivity contribution in [3.63, 3.8) is 0 Å². The molecule has 2 rings (SSSR count). The molecule has 0 amide bonds. The molecule has 1 fully saturated rings. The monoisotopic (exact) mass is 205 g/mol. The second-order valence-electron chi connectivity index (χ2n) is 4.38. The molecular weight excluding hydrogens is 186 g/mol. The summed E-state index contributed by atoms with van der Waals surface area (Å²) in [6.45, 7) is 5.21. The van der Waals surface area contributed by atoms with Crippen LogP contribution in [0.1, 0.15) is 25.3 Å². The summed E-state index contributed by atoms with van der Waals surface area (Å²) in [4.78, 5) is 6.55. The maximum absolute atomic E-state index is 5.72. The SMILES string of the molecule is CC1CCN(c2ccncc2CN)CC1. The lowest BCUT2D eigenvalue weighted by Crippen LogP contribution is -2.33. The summed E-state index contributed by atoms with van der Waals surface area (Å²) in [7, 11) is 0. The number of nitrogens with two attached hydrogens (primary N) is 1. The lowest BCUT2D eigenvalue weighted by Gasteiger charge is -2.33. The van der Waals surface area contributed by atoms with Crippen LogP contribution in [0.3, 0.4) is 0 Å². The standard InChI is InChI=1S/C12H19N3/c1-10-3-6-15(7-4-10)12-2-5-14-9-11(12)8-13/h2,5,9-10H,3-4,6-8,13H2,1H3. The molecule has 1 aromatic heterocycles. The fourth-order valence-corrected chi connectivity index (χ4v) is 2.14. The quantitative estimate of drug-likeness (QED) is 0.800. The van der Waals surface area contributed by atoms with Crippen LogP contribution in [0.5, 0.6) is 0 Å². The first-order valence-electron chi connectivity index (χ1n) is 5.69. The minimum atomic E-state index is 0.579. The van der Waals surface area contributed by atoms with E-state index < -0.39 is 0 Å². The van der Waals surface area contributed by atoms with Gasteiger partial charge in [-0.2, -0.15) is 0 Å². The van der Waals surface area contributed by atoms with Gasteiger partial charge < -0.3 is 10.6 Å². The molecule has 1 saturated heterocycles. The molecule has 1 aliphatic rings. The normalized spacial score (nSPS) is 18.1. The van der Waals surface area contributed by atoms with E-state index in [1.165, 1.54) is 18.5 Å². The minimum Gasteiger partial charge on any atom is -0.371 e. The van der Waals surface area contributed by atoms with Crippen molar-refractivity contribution in [1.29, 1.82) is 0 Å². The van der Waals surface area contributed by atoms with Gasteiger partial charge in [0.15, 0.2) is 0 Å². The van der Waals surface area contributed by atoms with Crippen LogP contribution in [-0.2, 0) is 6.54 Å². The predicted octanol–water partition coefficient (Wildman–Crippen LogP) is 1.78. The summed E-state index contributed by atoms with van der Waals surface area (Å²) < 4.78 is 0. The topological polar surface area (TPSA) is 42.2 Å². The van der Waals surface area contributed by atoms with E-state index in [4.69, 9.17) is 5.73 Å². The van der Waals surface area contributed by atoms with E-state index >= 15 is 0 Å². The lowest BCUT2D eigenvalue weighted by molar-refractivity contribution is 0.438. The Hall–Kier alpha value is -1.09. The molecule has 0 aromatic carbocycles. The Morgan fingerprint density at radius 2 is 2.20 bits per heavy atom. The van der Waals surface area contributed by atoms with Crippen LogP contribution >= 0.6 is 0 Å². The molecule has 0 unspecified atom stereocenters. The number of aromatic nitrogens is 1. The summed E-state index contributed by atoms with van der Waals surface area (Å²) in [5.74, 6) is 0.865. The third-order valence-electron chi connectivity index (χ3n) is 3.22. The highest BCUT2D eigenvalue weighted by molar-refractivity contribution is 5.52. The van der Waals surface area contributed by atoms with Crippen molar-refractivity contribution in [3.05, 3.63) is 24.0 Å². The highest BCUT2D eigenvalue weighted by atomic mass is 15.1. The van der Waals surface area contributed by atoms with E-state index in [9.17, 15) is 0 Å². The Kier molecular flexibility index (Phi) is 3.21. The average Bonchev–Trinajstić information content (AvgIpc) is 2.30. The van der Waals surface area contributed by atoms with E-state index in [1.54, 1.807) is 0 Å². The predicted molar refractivity (Wildman–Crippen MR) is 62.7 cm³/mol. The third kappa shape index (κ3) is 2.29. The summed E-state index contributed by atoms with van der Waals surface area (Å²) >= 11 is 0. The average molecular weight is 205 g/mol. The highest BCUT2D eigenvalue weighted by Crippen LogP contribution is 2.25. The van der Waals surface area contributed by atoms with Gasteiger partial charge in [-0.05, 0) is 24.8 Å². The van der Waals surface area contributed by atoms with Gasteiger partial charge >= 0.3 is 0 Å². The summed E-state index contributed by atoms with van der Waals surface area (Å²) in [5.41, 5.74) is 8.15. The third-order valence-corrected chi connectivity index (χ3v) is 3.22. The second-order valence-corrected chi connectivity index (χ2v) is 4.38. The molecule has 0 atom stereocenters. The van der Waals surface area contributed by atoms with Crippen LogP contribution in [-0.4, -0.2) is 18.1 Å². The Morgan fingerprint density at radius 1 is 1.47 bits per heavy atom. The molecule has 1 aromatic rings. The first-order chi connectivity index (χ1) is 7.31. The molecule has 0 aliphatic carbocycles. The van der Waals surface area contributed by atoms with Crippen molar-refractivity contribution in [2.45, 2.75) is 26.3 Å². The summed E-state index contributed by atoms with van der Waals surface area (Å²) in [5, 5.41) is 0. The minimum absolute atomic E-state index is 0.579. The van der Waals surface area contributed by atoms with Crippen molar-refractivity contribution >= 4 is 5.69 Å². The number of nitrogens with zero attached hydrogens (tertiary/aromatic N) is 2. The molecule has 0 saturated carbocycles. The Bertz CT molecular complexity index is 316. The van der Waals surface area contributed by atoms with E-state index in [0.717, 1.165) is 24.6 Å². The number of pyridine rings is 1. The molecule has 2 N–H and O–H groups in total. The van der Waals surface area contributed by atoms with Gasteiger partial charge in [0.25, 0.3) is 0 Å². The zero-order valence-electron chi connectivity index (χ0n) is 9.32. The second kappa shape index (κ2) is 4.62. The van der Waals surface area contributed by atoms with Crippen LogP contribution in [0.4, 0.5) is 5.69 Å².